The van der Waals surface area contributed by atoms with Crippen molar-refractivity contribution in [2.75, 3.05) is 73.1 Å². The molecule has 1 aliphatic carbocycles. The van der Waals surface area contributed by atoms with Crippen molar-refractivity contribution in [3.63, 3.8) is 0 Å². The number of benzene rings is 3. The van der Waals surface area contributed by atoms with Gasteiger partial charge in [0.15, 0.2) is 6.10 Å². The van der Waals surface area contributed by atoms with Gasteiger partial charge < -0.3 is 48.9 Å². The predicted molar refractivity (Wildman–Crippen MR) is 259 cm³/mol. The molecule has 10 atom stereocenters. The van der Waals surface area contributed by atoms with Gasteiger partial charge in [-0.3, -0.25) is 19.3 Å². The molecule has 1 spiro atoms. The topological polar surface area (TPSA) is 172 Å². The fourth-order valence-corrected chi connectivity index (χ4v) is 14.8. The number of rotatable bonds is 10. The molecule has 4 aromatic rings. The summed E-state index contributed by atoms with van der Waals surface area (Å²) in [5, 5.41) is 18.0. The van der Waals surface area contributed by atoms with Gasteiger partial charge in [0.05, 0.1) is 40.0 Å². The molecule has 1 amide bonds. The molecule has 0 radical (unpaired) electrons. The monoisotopic (exact) mass is 943 g/mol. The van der Waals surface area contributed by atoms with Gasteiger partial charge in [0.2, 0.25) is 5.60 Å². The Bertz CT molecular complexity index is 2770. The fourth-order valence-electron chi connectivity index (χ4n) is 14.8. The van der Waals surface area contributed by atoms with Gasteiger partial charge >= 0.3 is 17.9 Å². The van der Waals surface area contributed by atoms with Crippen molar-refractivity contribution in [2.45, 2.75) is 99.5 Å². The van der Waals surface area contributed by atoms with Crippen molar-refractivity contribution < 1.29 is 48.0 Å². The van der Waals surface area contributed by atoms with E-state index in [9.17, 15) is 19.5 Å². The second-order valence-electron chi connectivity index (χ2n) is 20.4. The Labute approximate surface area is 403 Å². The number of hydrogen-bond donors (Lipinski definition) is 3. The Kier molecular flexibility index (Phi) is 11.5. The zero-order valence-corrected chi connectivity index (χ0v) is 41.0. The van der Waals surface area contributed by atoms with E-state index in [1.54, 1.807) is 26.4 Å². The van der Waals surface area contributed by atoms with Gasteiger partial charge in [-0.1, -0.05) is 50.3 Å². The van der Waals surface area contributed by atoms with Gasteiger partial charge in [-0.05, 0) is 92.4 Å². The van der Waals surface area contributed by atoms with E-state index < -0.39 is 57.4 Å². The number of aliphatic hydroxyl groups is 1. The number of amides is 1. The first-order valence-electron chi connectivity index (χ1n) is 24.4. The van der Waals surface area contributed by atoms with E-state index in [0.717, 1.165) is 33.4 Å². The number of anilines is 1. The van der Waals surface area contributed by atoms with Crippen LogP contribution in [0.15, 0.2) is 72.8 Å². The number of methoxy groups -OCH3 is 4. The van der Waals surface area contributed by atoms with E-state index >= 15 is 4.79 Å². The van der Waals surface area contributed by atoms with Gasteiger partial charge in [-0.2, -0.15) is 0 Å². The summed E-state index contributed by atoms with van der Waals surface area (Å²) in [5.74, 6) is -1.28. The van der Waals surface area contributed by atoms with E-state index in [-0.39, 0.29) is 17.9 Å². The molecule has 6 heterocycles. The maximum Gasteiger partial charge on any atom is 0.344 e. The van der Waals surface area contributed by atoms with Gasteiger partial charge in [-0.25, -0.2) is 4.79 Å². The summed E-state index contributed by atoms with van der Waals surface area (Å²) in [6.07, 6.45) is 5.93. The number of likely N-dealkylation sites (N-methyl/N-ethyl adjacent to an activating group) is 1. The summed E-state index contributed by atoms with van der Waals surface area (Å²) < 4.78 is 29.7. The van der Waals surface area contributed by atoms with Crippen LogP contribution in [0.4, 0.5) is 5.69 Å². The number of nitrogens with one attached hydrogen (secondary N) is 2. The molecule has 1 saturated carbocycles. The van der Waals surface area contributed by atoms with Gasteiger partial charge in [-0.15, -0.1) is 0 Å². The minimum Gasteiger partial charge on any atom is -0.497 e. The first-order valence-corrected chi connectivity index (χ1v) is 24.4. The van der Waals surface area contributed by atoms with Crippen molar-refractivity contribution in [2.24, 2.45) is 11.3 Å². The molecular weight excluding hydrogens is 879 g/mol. The highest BCUT2D eigenvalue weighted by Crippen LogP contribution is 2.68. The van der Waals surface area contributed by atoms with Crippen molar-refractivity contribution in [1.29, 1.82) is 0 Å². The molecule has 3 N–H and O–H groups in total. The van der Waals surface area contributed by atoms with Crippen LogP contribution in [0.3, 0.4) is 0 Å². The minimum atomic E-state index is -2.33. The first-order chi connectivity index (χ1) is 33.1. The molecule has 15 heteroatoms. The average Bonchev–Trinajstić information content (AvgIpc) is 4.03. The summed E-state index contributed by atoms with van der Waals surface area (Å²) in [6, 6.07) is 18.1. The summed E-state index contributed by atoms with van der Waals surface area (Å²) in [7, 11) is 7.74. The number of para-hydroxylation sites is 1. The number of carbonyl (C=O) groups excluding carboxylic acids is 4. The van der Waals surface area contributed by atoms with E-state index in [1.165, 1.54) is 21.1 Å². The van der Waals surface area contributed by atoms with Crippen LogP contribution in [0, 0.1) is 11.3 Å². The molecule has 1 aromatic heterocycles. The number of aromatic amines is 1. The van der Waals surface area contributed by atoms with Crippen LogP contribution in [0.2, 0.25) is 0 Å². The predicted octanol–water partition coefficient (Wildman–Crippen LogP) is 5.44. The number of esters is 3. The molecule has 6 aliphatic rings. The Morgan fingerprint density at radius 1 is 0.884 bits per heavy atom. The molecule has 69 heavy (non-hydrogen) atoms. The standard InChI is InChI=1S/C54H65N5O10/c1-9-50(56-44(61)34-15-13-16-35(25-34)65-5)28-33-29-53(48(62)67-7,43-37(19-23-58(30-33)31-50)36-17-11-12-18-40(36)55-43)39-26-38-41(27-42(39)66-6)57(4)46-52(38)21-24-59-22-14-20-51(10-2,45(52)59)47(69-32(3)60)54(46,64)49(63)68-8/h11-18,20,25-27,33,45-47,55,64H,9-10,19,21-24,28-31H2,1-8H3,(H,56,61)/t33-,45+,46-,47-,50+,51-,52-,53+,54+/m1/s1. The highest BCUT2D eigenvalue weighted by atomic mass is 16.6. The molecule has 366 valence electrons. The number of piperidine rings is 1. The lowest BCUT2D eigenvalue weighted by Crippen LogP contribution is -2.81. The second-order valence-corrected chi connectivity index (χ2v) is 20.4. The van der Waals surface area contributed by atoms with Gasteiger partial charge in [0.1, 0.15) is 16.9 Å². The lowest BCUT2D eigenvalue weighted by molar-refractivity contribution is -0.228. The molecular formula is C54H65N5O10. The van der Waals surface area contributed by atoms with E-state index in [0.29, 0.717) is 93.9 Å². The molecule has 1 unspecified atom stereocenters. The van der Waals surface area contributed by atoms with Crippen molar-refractivity contribution in [1.82, 2.24) is 20.1 Å². The molecule has 5 aliphatic heterocycles. The molecule has 3 fully saturated rings. The number of fused-ring (bicyclic) bond motifs is 6. The third-order valence-corrected chi connectivity index (χ3v) is 17.3. The third-order valence-electron chi connectivity index (χ3n) is 17.3. The maximum absolute atomic E-state index is 15.7. The maximum atomic E-state index is 15.7. The molecule has 10 rings (SSSR count). The van der Waals surface area contributed by atoms with Crippen molar-refractivity contribution in [3.05, 3.63) is 101 Å². The summed E-state index contributed by atoms with van der Waals surface area (Å²) in [4.78, 5) is 68.2. The number of aromatic nitrogens is 1. The van der Waals surface area contributed by atoms with Gasteiger partial charge in [0.25, 0.3) is 5.91 Å². The highest BCUT2D eigenvalue weighted by molar-refractivity contribution is 5.96. The highest BCUT2D eigenvalue weighted by Gasteiger charge is 2.80. The minimum absolute atomic E-state index is 0.144. The van der Waals surface area contributed by atoms with Crippen LogP contribution >= 0.6 is 0 Å². The number of nitrogens with zero attached hydrogens (tertiary/aromatic N) is 3. The Morgan fingerprint density at radius 2 is 1.67 bits per heavy atom. The van der Waals surface area contributed by atoms with Crippen LogP contribution in [-0.2, 0) is 45.8 Å². The van der Waals surface area contributed by atoms with Crippen LogP contribution in [0.5, 0.6) is 11.5 Å². The normalized spacial score (nSPS) is 33.1. The van der Waals surface area contributed by atoms with E-state index in [1.807, 2.05) is 61.3 Å². The molecule has 2 saturated heterocycles. The Hall–Kier alpha value is -5.90. The Morgan fingerprint density at radius 3 is 2.38 bits per heavy atom. The first kappa shape index (κ1) is 46.8. The largest absolute Gasteiger partial charge is 0.497 e. The summed E-state index contributed by atoms with van der Waals surface area (Å²) in [5.41, 5.74) is -1.14. The van der Waals surface area contributed by atoms with E-state index in [4.69, 9.17) is 23.7 Å². The smallest absolute Gasteiger partial charge is 0.344 e. The van der Waals surface area contributed by atoms with Crippen molar-refractivity contribution >= 4 is 40.4 Å². The second kappa shape index (κ2) is 16.9. The molecule has 2 bridgehead atoms. The lowest BCUT2D eigenvalue weighted by atomic mass is 9.47. The number of ether oxygens (including phenoxy) is 5. The summed E-state index contributed by atoms with van der Waals surface area (Å²) in [6.45, 7) is 8.66. The quantitative estimate of drug-likeness (QED) is 0.105. The van der Waals surface area contributed by atoms with E-state index in [2.05, 4.69) is 45.2 Å². The zero-order valence-electron chi connectivity index (χ0n) is 41.0. The van der Waals surface area contributed by atoms with Crippen LogP contribution in [0.1, 0.15) is 85.6 Å². The van der Waals surface area contributed by atoms with Gasteiger partial charge in [0, 0.05) is 96.5 Å². The van der Waals surface area contributed by atoms with Crippen LogP contribution in [-0.4, -0.2) is 141 Å². The average molecular weight is 944 g/mol. The van der Waals surface area contributed by atoms with Crippen LogP contribution in [0.25, 0.3) is 10.9 Å². The number of H-pyrrole nitrogens is 1. The fraction of sp³-hybridized carbons (Fsp3) is 0.519. The lowest BCUT2D eigenvalue weighted by Gasteiger charge is -2.63. The third kappa shape index (κ3) is 6.55. The number of carbonyl (C=O) groups is 4. The Balaban J connectivity index is 1.21. The molecule has 3 aromatic carbocycles. The molecule has 15 nitrogen and oxygen atoms in total. The van der Waals surface area contributed by atoms with Crippen LogP contribution < -0.4 is 19.7 Å². The van der Waals surface area contributed by atoms with Crippen molar-refractivity contribution in [3.8, 4) is 11.5 Å². The SMILES string of the molecule is CC[C@]1(NC(=O)c2cccc(OC)c2)C[C@H]2CN(CCc3c([nH]c4ccccc34)[C@@](C(=O)OC)(c3cc4c(cc3OC)N(C)[C@H]3[C@@](O)(C(=O)OC)[C@H](OC(C)=O)[C@]5(CC)C=CCN6CC[C@]43[C@@H]65)C2)C1. The zero-order chi connectivity index (χ0) is 48.8. The number of hydrogen-bond acceptors (Lipinski definition) is 13. The summed E-state index contributed by atoms with van der Waals surface area (Å²) >= 11 is 0.